The zero-order valence-electron chi connectivity index (χ0n) is 11.2. The standard InChI is InChI=1S/C14H23NOS/c1-11-5-6-12(2)14(9-11)10-15-13(3)7-8-17(4)16/h5-6,9,13,15H,7-8,10H2,1-4H3. The molecule has 2 unspecified atom stereocenters. The topological polar surface area (TPSA) is 29.1 Å². The molecule has 0 aliphatic carbocycles. The highest BCUT2D eigenvalue weighted by atomic mass is 32.2. The van der Waals surface area contributed by atoms with E-state index in [1.54, 1.807) is 6.26 Å². The maximum Gasteiger partial charge on any atom is 0.0246 e. The first-order valence-corrected chi connectivity index (χ1v) is 7.81. The molecular weight excluding hydrogens is 230 g/mol. The van der Waals surface area contributed by atoms with Crippen LogP contribution in [0.2, 0.25) is 0 Å². The number of aryl methyl sites for hydroxylation is 2. The molecule has 96 valence electrons. The lowest BCUT2D eigenvalue weighted by molar-refractivity contribution is 0.534. The summed E-state index contributed by atoms with van der Waals surface area (Å²) in [6.07, 6.45) is 2.73. The Balaban J connectivity index is 2.44. The van der Waals surface area contributed by atoms with Crippen molar-refractivity contribution in [1.82, 2.24) is 5.32 Å². The molecule has 2 atom stereocenters. The Hall–Kier alpha value is -0.670. The van der Waals surface area contributed by atoms with Gasteiger partial charge in [0, 0.05) is 35.4 Å². The van der Waals surface area contributed by atoms with E-state index in [-0.39, 0.29) is 0 Å². The van der Waals surface area contributed by atoms with Crippen LogP contribution in [0.1, 0.15) is 30.0 Å². The van der Waals surface area contributed by atoms with Gasteiger partial charge in [-0.05, 0) is 38.3 Å². The number of rotatable bonds is 6. The highest BCUT2D eigenvalue weighted by Gasteiger charge is 2.04. The van der Waals surface area contributed by atoms with Crippen LogP contribution in [0.3, 0.4) is 0 Å². The molecular formula is C14H23NOS. The van der Waals surface area contributed by atoms with Crippen LogP contribution in [-0.4, -0.2) is 22.3 Å². The molecule has 1 N–H and O–H groups in total. The van der Waals surface area contributed by atoms with Gasteiger partial charge in [0.15, 0.2) is 0 Å². The Kier molecular flexibility index (Phi) is 5.86. The van der Waals surface area contributed by atoms with E-state index >= 15 is 0 Å². The second-order valence-electron chi connectivity index (χ2n) is 4.78. The zero-order valence-corrected chi connectivity index (χ0v) is 12.1. The molecule has 0 saturated carbocycles. The fraction of sp³-hybridized carbons (Fsp3) is 0.571. The minimum Gasteiger partial charge on any atom is -0.310 e. The van der Waals surface area contributed by atoms with E-state index in [0.29, 0.717) is 6.04 Å². The number of hydrogen-bond acceptors (Lipinski definition) is 2. The van der Waals surface area contributed by atoms with Gasteiger partial charge in [-0.25, -0.2) is 0 Å². The summed E-state index contributed by atoms with van der Waals surface area (Å²) in [4.78, 5) is 0. The highest BCUT2D eigenvalue weighted by molar-refractivity contribution is 7.84. The van der Waals surface area contributed by atoms with Crippen LogP contribution in [0.4, 0.5) is 0 Å². The summed E-state index contributed by atoms with van der Waals surface area (Å²) in [5, 5.41) is 3.49. The van der Waals surface area contributed by atoms with Gasteiger partial charge in [-0.1, -0.05) is 23.8 Å². The van der Waals surface area contributed by atoms with Crippen molar-refractivity contribution >= 4 is 10.8 Å². The van der Waals surface area contributed by atoms with Crippen molar-refractivity contribution in [2.75, 3.05) is 12.0 Å². The Morgan fingerprint density at radius 3 is 2.71 bits per heavy atom. The second kappa shape index (κ2) is 6.92. The quantitative estimate of drug-likeness (QED) is 0.844. The van der Waals surface area contributed by atoms with E-state index in [4.69, 9.17) is 0 Å². The molecule has 2 nitrogen and oxygen atoms in total. The summed E-state index contributed by atoms with van der Waals surface area (Å²) in [5.74, 6) is 0.779. The van der Waals surface area contributed by atoms with Crippen LogP contribution >= 0.6 is 0 Å². The van der Waals surface area contributed by atoms with Gasteiger partial charge in [0.2, 0.25) is 0 Å². The zero-order chi connectivity index (χ0) is 12.8. The Morgan fingerprint density at radius 2 is 2.06 bits per heavy atom. The largest absolute Gasteiger partial charge is 0.310 e. The molecule has 0 amide bonds. The summed E-state index contributed by atoms with van der Waals surface area (Å²) in [6, 6.07) is 6.95. The van der Waals surface area contributed by atoms with Crippen molar-refractivity contribution < 1.29 is 4.21 Å². The van der Waals surface area contributed by atoms with Crippen molar-refractivity contribution in [3.8, 4) is 0 Å². The average Bonchev–Trinajstić information content (AvgIpc) is 2.27. The molecule has 0 radical (unpaired) electrons. The molecule has 0 saturated heterocycles. The van der Waals surface area contributed by atoms with Crippen LogP contribution in [0.15, 0.2) is 18.2 Å². The number of hydrogen-bond donors (Lipinski definition) is 1. The van der Waals surface area contributed by atoms with E-state index in [2.05, 4.69) is 44.3 Å². The number of benzene rings is 1. The summed E-state index contributed by atoms with van der Waals surface area (Å²) in [6.45, 7) is 7.30. The van der Waals surface area contributed by atoms with Gasteiger partial charge in [0.25, 0.3) is 0 Å². The Morgan fingerprint density at radius 1 is 1.35 bits per heavy atom. The molecule has 0 aliphatic heterocycles. The SMILES string of the molecule is Cc1ccc(C)c(CNC(C)CCS(C)=O)c1. The lowest BCUT2D eigenvalue weighted by Crippen LogP contribution is -2.27. The normalized spacial score (nSPS) is 14.6. The first-order valence-electron chi connectivity index (χ1n) is 6.08. The van der Waals surface area contributed by atoms with Crippen molar-refractivity contribution in [2.45, 2.75) is 39.8 Å². The predicted octanol–water partition coefficient (Wildman–Crippen LogP) is 2.55. The molecule has 0 aliphatic rings. The number of nitrogens with one attached hydrogen (secondary N) is 1. The average molecular weight is 253 g/mol. The lowest BCUT2D eigenvalue weighted by atomic mass is 10.1. The maximum absolute atomic E-state index is 11.0. The molecule has 1 aromatic rings. The Labute approximate surface area is 107 Å². The first kappa shape index (κ1) is 14.4. The minimum atomic E-state index is -0.682. The summed E-state index contributed by atoms with van der Waals surface area (Å²) in [5.41, 5.74) is 3.98. The first-order chi connectivity index (χ1) is 7.99. The molecule has 0 aromatic heterocycles. The monoisotopic (exact) mass is 253 g/mol. The lowest BCUT2D eigenvalue weighted by Gasteiger charge is -2.14. The fourth-order valence-corrected chi connectivity index (χ4v) is 2.41. The van der Waals surface area contributed by atoms with E-state index in [0.717, 1.165) is 18.7 Å². The summed E-state index contributed by atoms with van der Waals surface area (Å²) >= 11 is 0. The summed E-state index contributed by atoms with van der Waals surface area (Å²) < 4.78 is 11.0. The van der Waals surface area contributed by atoms with Crippen molar-refractivity contribution in [3.05, 3.63) is 34.9 Å². The van der Waals surface area contributed by atoms with Gasteiger partial charge < -0.3 is 5.32 Å². The summed E-state index contributed by atoms with van der Waals surface area (Å²) in [7, 11) is -0.682. The van der Waals surface area contributed by atoms with Crippen molar-refractivity contribution in [2.24, 2.45) is 0 Å². The van der Waals surface area contributed by atoms with Crippen molar-refractivity contribution in [1.29, 1.82) is 0 Å². The van der Waals surface area contributed by atoms with Crippen LogP contribution < -0.4 is 5.32 Å². The van der Waals surface area contributed by atoms with Crippen LogP contribution in [0, 0.1) is 13.8 Å². The second-order valence-corrected chi connectivity index (χ2v) is 6.33. The van der Waals surface area contributed by atoms with E-state index in [9.17, 15) is 4.21 Å². The smallest absolute Gasteiger partial charge is 0.0246 e. The van der Waals surface area contributed by atoms with Gasteiger partial charge in [-0.3, -0.25) is 4.21 Å². The van der Waals surface area contributed by atoms with Crippen LogP contribution in [0.25, 0.3) is 0 Å². The molecule has 17 heavy (non-hydrogen) atoms. The molecule has 3 heteroatoms. The third-order valence-electron chi connectivity index (χ3n) is 2.98. The van der Waals surface area contributed by atoms with Gasteiger partial charge in [0.1, 0.15) is 0 Å². The highest BCUT2D eigenvalue weighted by Crippen LogP contribution is 2.10. The molecule has 0 fully saturated rings. The van der Waals surface area contributed by atoms with Crippen molar-refractivity contribution in [3.63, 3.8) is 0 Å². The molecule has 0 bridgehead atoms. The third kappa shape index (κ3) is 5.46. The molecule has 1 aromatic carbocycles. The van der Waals surface area contributed by atoms with Gasteiger partial charge in [0.05, 0.1) is 0 Å². The minimum absolute atomic E-state index is 0.416. The van der Waals surface area contributed by atoms with Gasteiger partial charge in [-0.2, -0.15) is 0 Å². The predicted molar refractivity (Wildman–Crippen MR) is 75.8 cm³/mol. The van der Waals surface area contributed by atoms with E-state index in [1.165, 1.54) is 16.7 Å². The van der Waals surface area contributed by atoms with Crippen LogP contribution in [-0.2, 0) is 17.3 Å². The maximum atomic E-state index is 11.0. The third-order valence-corrected chi connectivity index (χ3v) is 3.79. The van der Waals surface area contributed by atoms with Gasteiger partial charge in [-0.15, -0.1) is 0 Å². The van der Waals surface area contributed by atoms with Crippen LogP contribution in [0.5, 0.6) is 0 Å². The van der Waals surface area contributed by atoms with E-state index in [1.807, 2.05) is 0 Å². The molecule has 0 heterocycles. The van der Waals surface area contributed by atoms with Gasteiger partial charge >= 0.3 is 0 Å². The molecule has 0 spiro atoms. The molecule has 1 rings (SSSR count). The Bertz CT molecular complexity index is 390. The van der Waals surface area contributed by atoms with E-state index < -0.39 is 10.8 Å². The fourth-order valence-electron chi connectivity index (χ4n) is 1.72.